The van der Waals surface area contributed by atoms with Gasteiger partial charge in [-0.3, -0.25) is 4.79 Å². The van der Waals surface area contributed by atoms with E-state index in [0.29, 0.717) is 6.42 Å². The molecule has 6 heteroatoms. The summed E-state index contributed by atoms with van der Waals surface area (Å²) in [5.74, 6) is 0.687. The van der Waals surface area contributed by atoms with E-state index in [0.717, 1.165) is 48.7 Å². The number of nitrogens with zero attached hydrogens (tertiary/aromatic N) is 2. The van der Waals surface area contributed by atoms with Crippen molar-refractivity contribution in [1.29, 1.82) is 0 Å². The van der Waals surface area contributed by atoms with Gasteiger partial charge in [0.05, 0.1) is 24.7 Å². The molecule has 0 saturated carbocycles. The lowest BCUT2D eigenvalue weighted by Gasteiger charge is -2.18. The Hall–Kier alpha value is -3.12. The third-order valence-electron chi connectivity index (χ3n) is 4.84. The molecule has 0 aliphatic carbocycles. The molecule has 1 amide bonds. The number of rotatable bonds is 6. The lowest BCUT2D eigenvalue weighted by molar-refractivity contribution is -0.117. The SMILES string of the molecule is N[C@@H](Cc1cn(Cc2ccccc2)cn1)C(=O)Nc1ccc2c(c1)CCCO2. The van der Waals surface area contributed by atoms with Crippen LogP contribution in [-0.4, -0.2) is 28.1 Å². The summed E-state index contributed by atoms with van der Waals surface area (Å²) in [6.07, 6.45) is 6.06. The minimum atomic E-state index is -0.660. The fourth-order valence-electron chi connectivity index (χ4n) is 3.38. The summed E-state index contributed by atoms with van der Waals surface area (Å²) in [5.41, 5.74) is 9.98. The van der Waals surface area contributed by atoms with Crippen LogP contribution in [0.25, 0.3) is 0 Å². The lowest BCUT2D eigenvalue weighted by atomic mass is 10.1. The van der Waals surface area contributed by atoms with Gasteiger partial charge in [-0.2, -0.15) is 0 Å². The average Bonchev–Trinajstić information content (AvgIpc) is 3.15. The second kappa shape index (κ2) is 8.27. The Morgan fingerprint density at radius 1 is 1.25 bits per heavy atom. The number of anilines is 1. The van der Waals surface area contributed by atoms with Crippen molar-refractivity contribution < 1.29 is 9.53 Å². The highest BCUT2D eigenvalue weighted by Gasteiger charge is 2.17. The molecule has 0 spiro atoms. The molecule has 2 heterocycles. The van der Waals surface area contributed by atoms with Crippen LogP contribution in [0, 0.1) is 0 Å². The molecule has 1 atom stereocenters. The summed E-state index contributed by atoms with van der Waals surface area (Å²) >= 11 is 0. The van der Waals surface area contributed by atoms with Crippen LogP contribution in [0.3, 0.4) is 0 Å². The second-order valence-corrected chi connectivity index (χ2v) is 7.10. The molecule has 1 aliphatic rings. The minimum absolute atomic E-state index is 0.214. The quantitative estimate of drug-likeness (QED) is 0.693. The van der Waals surface area contributed by atoms with Crippen molar-refractivity contribution in [2.75, 3.05) is 11.9 Å². The number of carbonyl (C=O) groups excluding carboxylic acids is 1. The molecular formula is C22H24N4O2. The van der Waals surface area contributed by atoms with E-state index in [9.17, 15) is 4.79 Å². The van der Waals surface area contributed by atoms with Crippen LogP contribution in [0.1, 0.15) is 23.2 Å². The van der Waals surface area contributed by atoms with E-state index in [1.807, 2.05) is 47.2 Å². The fourth-order valence-corrected chi connectivity index (χ4v) is 3.38. The normalized spacial score (nSPS) is 14.0. The van der Waals surface area contributed by atoms with Gasteiger partial charge in [0.1, 0.15) is 5.75 Å². The van der Waals surface area contributed by atoms with Gasteiger partial charge in [0.2, 0.25) is 5.91 Å². The number of aromatic nitrogens is 2. The number of nitrogens with two attached hydrogens (primary N) is 1. The Balaban J connectivity index is 1.34. The molecule has 0 unspecified atom stereocenters. The van der Waals surface area contributed by atoms with Crippen LogP contribution in [0.4, 0.5) is 5.69 Å². The molecule has 144 valence electrons. The predicted octanol–water partition coefficient (Wildman–Crippen LogP) is 2.76. The number of hydrogen-bond acceptors (Lipinski definition) is 4. The van der Waals surface area contributed by atoms with E-state index >= 15 is 0 Å². The molecule has 1 aliphatic heterocycles. The van der Waals surface area contributed by atoms with Gasteiger partial charge in [-0.15, -0.1) is 0 Å². The highest BCUT2D eigenvalue weighted by atomic mass is 16.5. The van der Waals surface area contributed by atoms with Crippen molar-refractivity contribution in [1.82, 2.24) is 9.55 Å². The molecule has 0 fully saturated rings. The van der Waals surface area contributed by atoms with E-state index in [1.165, 1.54) is 5.56 Å². The molecule has 3 aromatic rings. The maximum absolute atomic E-state index is 12.5. The predicted molar refractivity (Wildman–Crippen MR) is 108 cm³/mol. The van der Waals surface area contributed by atoms with Gasteiger partial charge in [-0.1, -0.05) is 30.3 Å². The molecule has 6 nitrogen and oxygen atoms in total. The Labute approximate surface area is 164 Å². The zero-order valence-electron chi connectivity index (χ0n) is 15.7. The van der Waals surface area contributed by atoms with Crippen molar-refractivity contribution >= 4 is 11.6 Å². The maximum atomic E-state index is 12.5. The number of nitrogens with one attached hydrogen (secondary N) is 1. The zero-order chi connectivity index (χ0) is 19.3. The van der Waals surface area contributed by atoms with Gasteiger partial charge >= 0.3 is 0 Å². The fraction of sp³-hybridized carbons (Fsp3) is 0.273. The second-order valence-electron chi connectivity index (χ2n) is 7.10. The molecule has 3 N–H and O–H groups in total. The number of hydrogen-bond donors (Lipinski definition) is 2. The van der Waals surface area contributed by atoms with E-state index in [1.54, 1.807) is 6.33 Å². The standard InChI is InChI=1S/C22H24N4O2/c23-20(12-19-14-26(15-24-19)13-16-5-2-1-3-6-16)22(27)25-18-8-9-21-17(11-18)7-4-10-28-21/h1-3,5-6,8-9,11,14-15,20H,4,7,10,12-13,23H2,(H,25,27)/t20-/m0/s1. The third-order valence-corrected chi connectivity index (χ3v) is 4.84. The van der Waals surface area contributed by atoms with Crippen LogP contribution < -0.4 is 15.8 Å². The van der Waals surface area contributed by atoms with Gasteiger partial charge in [0.15, 0.2) is 0 Å². The number of imidazole rings is 1. The molecule has 0 radical (unpaired) electrons. The summed E-state index contributed by atoms with van der Waals surface area (Å²) in [6.45, 7) is 1.49. The smallest absolute Gasteiger partial charge is 0.241 e. The van der Waals surface area contributed by atoms with E-state index in [4.69, 9.17) is 10.5 Å². The first-order valence-electron chi connectivity index (χ1n) is 9.54. The minimum Gasteiger partial charge on any atom is -0.493 e. The van der Waals surface area contributed by atoms with Gasteiger partial charge in [0, 0.05) is 24.8 Å². The molecular weight excluding hydrogens is 352 g/mol. The zero-order valence-corrected chi connectivity index (χ0v) is 15.7. The Bertz CT molecular complexity index is 952. The lowest BCUT2D eigenvalue weighted by Crippen LogP contribution is -2.37. The van der Waals surface area contributed by atoms with Crippen molar-refractivity contribution in [2.45, 2.75) is 31.8 Å². The van der Waals surface area contributed by atoms with Crippen LogP contribution in [0.15, 0.2) is 61.1 Å². The van der Waals surface area contributed by atoms with Gasteiger partial charge in [0.25, 0.3) is 0 Å². The van der Waals surface area contributed by atoms with Crippen LogP contribution in [-0.2, 0) is 24.2 Å². The molecule has 2 aromatic carbocycles. The number of benzene rings is 2. The number of fused-ring (bicyclic) bond motifs is 1. The van der Waals surface area contributed by atoms with Crippen LogP contribution in [0.5, 0.6) is 5.75 Å². The largest absolute Gasteiger partial charge is 0.493 e. The number of ether oxygens (including phenoxy) is 1. The molecule has 4 rings (SSSR count). The van der Waals surface area contributed by atoms with Gasteiger partial charge in [-0.05, 0) is 42.2 Å². The van der Waals surface area contributed by atoms with E-state index in [-0.39, 0.29) is 5.91 Å². The summed E-state index contributed by atoms with van der Waals surface area (Å²) in [4.78, 5) is 16.9. The summed E-state index contributed by atoms with van der Waals surface area (Å²) in [7, 11) is 0. The topological polar surface area (TPSA) is 82.2 Å². The Morgan fingerprint density at radius 3 is 2.96 bits per heavy atom. The molecule has 28 heavy (non-hydrogen) atoms. The Kier molecular flexibility index (Phi) is 5.39. The van der Waals surface area contributed by atoms with Crippen LogP contribution >= 0.6 is 0 Å². The van der Waals surface area contributed by atoms with E-state index in [2.05, 4.69) is 22.4 Å². The van der Waals surface area contributed by atoms with Gasteiger partial charge < -0.3 is 20.4 Å². The van der Waals surface area contributed by atoms with Gasteiger partial charge in [-0.25, -0.2) is 4.98 Å². The maximum Gasteiger partial charge on any atom is 0.241 e. The summed E-state index contributed by atoms with van der Waals surface area (Å²) in [6, 6.07) is 15.2. The summed E-state index contributed by atoms with van der Waals surface area (Å²) < 4.78 is 7.61. The monoisotopic (exact) mass is 376 g/mol. The molecule has 0 bridgehead atoms. The van der Waals surface area contributed by atoms with Crippen LogP contribution in [0.2, 0.25) is 0 Å². The van der Waals surface area contributed by atoms with E-state index < -0.39 is 6.04 Å². The Morgan fingerprint density at radius 2 is 2.11 bits per heavy atom. The van der Waals surface area contributed by atoms with Crippen molar-refractivity contribution in [2.24, 2.45) is 5.73 Å². The first-order chi connectivity index (χ1) is 13.7. The number of amides is 1. The average molecular weight is 376 g/mol. The highest BCUT2D eigenvalue weighted by molar-refractivity contribution is 5.95. The third kappa shape index (κ3) is 4.40. The van der Waals surface area contributed by atoms with Crippen molar-refractivity contribution in [3.63, 3.8) is 0 Å². The molecule has 0 saturated heterocycles. The van der Waals surface area contributed by atoms with Crippen molar-refractivity contribution in [3.8, 4) is 5.75 Å². The summed E-state index contributed by atoms with van der Waals surface area (Å²) in [5, 5.41) is 2.90. The highest BCUT2D eigenvalue weighted by Crippen LogP contribution is 2.27. The van der Waals surface area contributed by atoms with Crippen molar-refractivity contribution in [3.05, 3.63) is 77.9 Å². The number of carbonyl (C=O) groups is 1. The first kappa shape index (κ1) is 18.3. The molecule has 1 aromatic heterocycles. The first-order valence-corrected chi connectivity index (χ1v) is 9.54. The number of aryl methyl sites for hydroxylation is 1.